The molecule has 0 aromatic carbocycles. The minimum atomic E-state index is -4.32. The molecule has 0 spiro atoms. The van der Waals surface area contributed by atoms with E-state index < -0.39 is 24.7 Å². The predicted molar refractivity (Wildman–Crippen MR) is 42.5 cm³/mol. The van der Waals surface area contributed by atoms with Gasteiger partial charge >= 0.3 is 6.18 Å². The van der Waals surface area contributed by atoms with Crippen molar-refractivity contribution in [2.24, 2.45) is 5.73 Å². The summed E-state index contributed by atoms with van der Waals surface area (Å²) in [5.74, 6) is -0.604. The highest BCUT2D eigenvalue weighted by molar-refractivity contribution is 5.85. The van der Waals surface area contributed by atoms with Crippen LogP contribution >= 0.6 is 12.4 Å². The van der Waals surface area contributed by atoms with Gasteiger partial charge in [-0.2, -0.15) is 13.2 Å². The molecule has 2 N–H and O–H groups in total. The molecule has 1 rings (SSSR count). The normalized spacial score (nSPS) is 23.2. The van der Waals surface area contributed by atoms with Crippen molar-refractivity contribution >= 4 is 18.3 Å². The summed E-state index contributed by atoms with van der Waals surface area (Å²) in [5, 5.41) is 0. The number of hydrogen-bond acceptors (Lipinski definition) is 2. The van der Waals surface area contributed by atoms with Crippen molar-refractivity contribution in [2.45, 2.75) is 18.6 Å². The molecule has 1 aliphatic rings. The van der Waals surface area contributed by atoms with Crippen LogP contribution < -0.4 is 5.73 Å². The van der Waals surface area contributed by atoms with Crippen LogP contribution in [0, 0.1) is 0 Å². The van der Waals surface area contributed by atoms with Crippen molar-refractivity contribution < 1.29 is 18.0 Å². The molecule has 0 aromatic rings. The Bertz CT molecular complexity index is 197. The van der Waals surface area contributed by atoms with Crippen LogP contribution in [0.3, 0.4) is 0 Å². The van der Waals surface area contributed by atoms with Gasteiger partial charge in [-0.15, -0.1) is 12.4 Å². The van der Waals surface area contributed by atoms with E-state index in [1.807, 2.05) is 0 Å². The molecule has 3 nitrogen and oxygen atoms in total. The zero-order valence-corrected chi connectivity index (χ0v) is 7.49. The van der Waals surface area contributed by atoms with Gasteiger partial charge in [0, 0.05) is 6.54 Å². The minimum absolute atomic E-state index is 0. The molecular weight excluding hydrogens is 209 g/mol. The lowest BCUT2D eigenvalue weighted by Gasteiger charge is -2.17. The van der Waals surface area contributed by atoms with Crippen LogP contribution in [0.1, 0.15) is 6.42 Å². The van der Waals surface area contributed by atoms with E-state index in [9.17, 15) is 18.0 Å². The van der Waals surface area contributed by atoms with Crippen molar-refractivity contribution in [1.82, 2.24) is 4.90 Å². The van der Waals surface area contributed by atoms with Crippen LogP contribution in [0.4, 0.5) is 13.2 Å². The van der Waals surface area contributed by atoms with Crippen molar-refractivity contribution in [1.29, 1.82) is 0 Å². The van der Waals surface area contributed by atoms with E-state index in [-0.39, 0.29) is 19.0 Å². The van der Waals surface area contributed by atoms with Gasteiger partial charge in [-0.05, 0) is 6.42 Å². The third-order valence-electron chi connectivity index (χ3n) is 1.71. The Hall–Kier alpha value is -0.490. The first-order valence-corrected chi connectivity index (χ1v) is 3.51. The number of halogens is 4. The molecule has 0 aromatic heterocycles. The summed E-state index contributed by atoms with van der Waals surface area (Å²) in [7, 11) is 0. The topological polar surface area (TPSA) is 46.3 Å². The summed E-state index contributed by atoms with van der Waals surface area (Å²) in [6, 6.07) is -0.743. The lowest BCUT2D eigenvalue weighted by Crippen LogP contribution is -2.39. The van der Waals surface area contributed by atoms with Gasteiger partial charge in [-0.25, -0.2) is 0 Å². The van der Waals surface area contributed by atoms with Crippen molar-refractivity contribution in [3.8, 4) is 0 Å². The summed E-state index contributed by atoms with van der Waals surface area (Å²) in [4.78, 5) is 11.6. The second kappa shape index (κ2) is 4.15. The van der Waals surface area contributed by atoms with E-state index in [4.69, 9.17) is 5.73 Å². The summed E-state index contributed by atoms with van der Waals surface area (Å²) < 4.78 is 35.3. The van der Waals surface area contributed by atoms with Crippen LogP contribution in [0.2, 0.25) is 0 Å². The Kier molecular flexibility index (Phi) is 3.99. The Morgan fingerprint density at radius 2 is 2.08 bits per heavy atom. The standard InChI is InChI=1S/C6H9F3N2O.ClH/c7-6(8,9)3-11-2-1-4(10)5(11)12;/h4H,1-3,10H2;1H/t4-;/m1./s1. The number of rotatable bonds is 1. The first-order valence-electron chi connectivity index (χ1n) is 3.51. The number of alkyl halides is 3. The summed E-state index contributed by atoms with van der Waals surface area (Å²) in [6.07, 6.45) is -4.01. The molecule has 7 heteroatoms. The smallest absolute Gasteiger partial charge is 0.332 e. The second-order valence-electron chi connectivity index (χ2n) is 2.77. The second-order valence-corrected chi connectivity index (χ2v) is 2.77. The molecule has 0 radical (unpaired) electrons. The number of carbonyl (C=O) groups is 1. The van der Waals surface area contributed by atoms with Crippen LogP contribution in [-0.2, 0) is 4.79 Å². The summed E-state index contributed by atoms with van der Waals surface area (Å²) in [5.41, 5.74) is 5.23. The largest absolute Gasteiger partial charge is 0.406 e. The molecule has 0 unspecified atom stereocenters. The lowest BCUT2D eigenvalue weighted by molar-refractivity contribution is -0.157. The predicted octanol–water partition coefficient (Wildman–Crippen LogP) is 0.530. The van der Waals surface area contributed by atoms with Crippen LogP contribution in [0.5, 0.6) is 0 Å². The van der Waals surface area contributed by atoms with Gasteiger partial charge < -0.3 is 10.6 Å². The highest BCUT2D eigenvalue weighted by Crippen LogP contribution is 2.19. The lowest BCUT2D eigenvalue weighted by atomic mass is 10.3. The quantitative estimate of drug-likeness (QED) is 0.698. The minimum Gasteiger partial charge on any atom is -0.332 e. The van der Waals surface area contributed by atoms with E-state index in [1.54, 1.807) is 0 Å². The average molecular weight is 219 g/mol. The van der Waals surface area contributed by atoms with Gasteiger partial charge in [0.1, 0.15) is 6.54 Å². The van der Waals surface area contributed by atoms with Gasteiger partial charge in [0.25, 0.3) is 0 Å². The van der Waals surface area contributed by atoms with Crippen LogP contribution in [-0.4, -0.2) is 36.1 Å². The molecule has 0 aliphatic carbocycles. The Morgan fingerprint density at radius 3 is 2.38 bits per heavy atom. The van der Waals surface area contributed by atoms with E-state index >= 15 is 0 Å². The summed E-state index contributed by atoms with van der Waals surface area (Å²) in [6.45, 7) is -1.07. The zero-order chi connectivity index (χ0) is 9.35. The highest BCUT2D eigenvalue weighted by Gasteiger charge is 2.37. The van der Waals surface area contributed by atoms with Crippen LogP contribution in [0.15, 0.2) is 0 Å². The van der Waals surface area contributed by atoms with E-state index in [0.717, 1.165) is 4.90 Å². The monoisotopic (exact) mass is 218 g/mol. The molecule has 1 aliphatic heterocycles. The Balaban J connectivity index is 0.00000144. The third-order valence-corrected chi connectivity index (χ3v) is 1.71. The maximum Gasteiger partial charge on any atom is 0.406 e. The molecule has 1 heterocycles. The molecular formula is C6H10ClF3N2O. The SMILES string of the molecule is Cl.N[C@@H]1CCN(CC(F)(F)F)C1=O. The molecule has 78 valence electrons. The van der Waals surface area contributed by atoms with Gasteiger partial charge in [0.2, 0.25) is 5.91 Å². The van der Waals surface area contributed by atoms with Crippen molar-refractivity contribution in [3.05, 3.63) is 0 Å². The van der Waals surface area contributed by atoms with E-state index in [0.29, 0.717) is 6.42 Å². The Labute approximate surface area is 79.5 Å². The number of nitrogens with two attached hydrogens (primary N) is 1. The zero-order valence-electron chi connectivity index (χ0n) is 6.67. The van der Waals surface area contributed by atoms with Crippen LogP contribution in [0.25, 0.3) is 0 Å². The molecule has 1 saturated heterocycles. The van der Waals surface area contributed by atoms with Gasteiger partial charge in [0.15, 0.2) is 0 Å². The molecule has 0 bridgehead atoms. The van der Waals surface area contributed by atoms with Crippen molar-refractivity contribution in [3.63, 3.8) is 0 Å². The fourth-order valence-electron chi connectivity index (χ4n) is 1.14. The molecule has 1 fully saturated rings. The van der Waals surface area contributed by atoms with Gasteiger partial charge in [-0.3, -0.25) is 4.79 Å². The fourth-order valence-corrected chi connectivity index (χ4v) is 1.14. The Morgan fingerprint density at radius 1 is 1.54 bits per heavy atom. The first-order chi connectivity index (χ1) is 5.40. The molecule has 13 heavy (non-hydrogen) atoms. The van der Waals surface area contributed by atoms with Gasteiger partial charge in [-0.1, -0.05) is 0 Å². The van der Waals surface area contributed by atoms with Gasteiger partial charge in [0.05, 0.1) is 6.04 Å². The maximum atomic E-state index is 11.8. The average Bonchev–Trinajstić information content (AvgIpc) is 2.16. The van der Waals surface area contributed by atoms with E-state index in [1.165, 1.54) is 0 Å². The number of likely N-dealkylation sites (tertiary alicyclic amines) is 1. The number of hydrogen-bond donors (Lipinski definition) is 1. The highest BCUT2D eigenvalue weighted by atomic mass is 35.5. The number of carbonyl (C=O) groups excluding carboxylic acids is 1. The third kappa shape index (κ3) is 3.40. The van der Waals surface area contributed by atoms with E-state index in [2.05, 4.69) is 0 Å². The number of amides is 1. The molecule has 1 atom stereocenters. The fraction of sp³-hybridized carbons (Fsp3) is 0.833. The molecule has 0 saturated carbocycles. The van der Waals surface area contributed by atoms with Crippen molar-refractivity contribution in [2.75, 3.05) is 13.1 Å². The summed E-state index contributed by atoms with van der Waals surface area (Å²) >= 11 is 0. The molecule has 1 amide bonds. The number of nitrogens with zero attached hydrogens (tertiary/aromatic N) is 1. The maximum absolute atomic E-state index is 11.8. The first kappa shape index (κ1) is 12.5.